The Balaban J connectivity index is 0.00000128. The van der Waals surface area contributed by atoms with Crippen LogP contribution < -0.4 is 5.32 Å². The number of carboxylic acids is 1. The van der Waals surface area contributed by atoms with Crippen LogP contribution in [0, 0.1) is 5.82 Å². The highest BCUT2D eigenvalue weighted by atomic mass is 35.5. The van der Waals surface area contributed by atoms with Crippen LogP contribution >= 0.6 is 12.4 Å². The molecule has 0 aromatic heterocycles. The third-order valence-electron chi connectivity index (χ3n) is 2.77. The van der Waals surface area contributed by atoms with Gasteiger partial charge in [-0.15, -0.1) is 12.4 Å². The van der Waals surface area contributed by atoms with Crippen molar-refractivity contribution < 1.29 is 14.3 Å². The molecule has 1 aromatic carbocycles. The number of aliphatic carboxylic acids is 1. The van der Waals surface area contributed by atoms with Crippen LogP contribution in [0.4, 0.5) is 4.39 Å². The van der Waals surface area contributed by atoms with Crippen LogP contribution in [0.15, 0.2) is 24.3 Å². The third-order valence-corrected chi connectivity index (χ3v) is 2.77. The van der Waals surface area contributed by atoms with Gasteiger partial charge in [0.1, 0.15) is 11.9 Å². The number of halogens is 2. The van der Waals surface area contributed by atoms with Crippen molar-refractivity contribution in [1.82, 2.24) is 5.32 Å². The number of benzene rings is 1. The van der Waals surface area contributed by atoms with Gasteiger partial charge in [0.25, 0.3) is 0 Å². The van der Waals surface area contributed by atoms with E-state index >= 15 is 0 Å². The van der Waals surface area contributed by atoms with E-state index in [4.69, 9.17) is 5.11 Å². The van der Waals surface area contributed by atoms with E-state index in [9.17, 15) is 9.18 Å². The molecule has 1 heterocycles. The Morgan fingerprint density at radius 1 is 1.38 bits per heavy atom. The van der Waals surface area contributed by atoms with Crippen LogP contribution in [0.25, 0.3) is 0 Å². The summed E-state index contributed by atoms with van der Waals surface area (Å²) in [6.07, 6.45) is 0.570. The summed E-state index contributed by atoms with van der Waals surface area (Å²) in [6, 6.07) is 5.77. The van der Waals surface area contributed by atoms with E-state index < -0.39 is 12.0 Å². The fraction of sp³-hybridized carbons (Fsp3) is 0.364. The van der Waals surface area contributed by atoms with E-state index in [1.54, 1.807) is 12.1 Å². The smallest absolute Gasteiger partial charge is 0.320 e. The van der Waals surface area contributed by atoms with Gasteiger partial charge in [-0.2, -0.15) is 0 Å². The van der Waals surface area contributed by atoms with Crippen molar-refractivity contribution in [2.24, 2.45) is 0 Å². The molecule has 88 valence electrons. The molecule has 0 unspecified atom stereocenters. The monoisotopic (exact) mass is 245 g/mol. The van der Waals surface area contributed by atoms with Gasteiger partial charge in [-0.1, -0.05) is 12.1 Å². The number of carbonyl (C=O) groups is 1. The predicted octanol–water partition coefficient (Wildman–Crippen LogP) is 1.78. The van der Waals surface area contributed by atoms with Gasteiger partial charge < -0.3 is 10.4 Å². The minimum atomic E-state index is -0.820. The number of hydrogen-bond donors (Lipinski definition) is 2. The molecule has 1 aliphatic rings. The van der Waals surface area contributed by atoms with Gasteiger partial charge in [0.15, 0.2) is 0 Å². The second-order valence-corrected chi connectivity index (χ2v) is 3.78. The summed E-state index contributed by atoms with van der Waals surface area (Å²) in [5, 5.41) is 11.7. The molecule has 2 N–H and O–H groups in total. The van der Waals surface area contributed by atoms with Crippen LogP contribution in [-0.4, -0.2) is 23.7 Å². The Kier molecular flexibility index (Phi) is 4.26. The molecular weight excluding hydrogens is 233 g/mol. The fourth-order valence-corrected chi connectivity index (χ4v) is 1.91. The first kappa shape index (κ1) is 12.9. The maximum atomic E-state index is 12.7. The van der Waals surface area contributed by atoms with Gasteiger partial charge in [0.05, 0.1) is 0 Å². The SMILES string of the molecule is Cl.O=C(O)[C@@H]1C[C@@H](c2ccc(F)cc2)CN1. The highest BCUT2D eigenvalue weighted by Gasteiger charge is 2.29. The molecule has 2 atom stereocenters. The first-order valence-electron chi connectivity index (χ1n) is 4.88. The molecule has 16 heavy (non-hydrogen) atoms. The summed E-state index contributed by atoms with van der Waals surface area (Å²) >= 11 is 0. The Hall–Kier alpha value is -1.13. The lowest BCUT2D eigenvalue weighted by atomic mass is 9.96. The first-order valence-corrected chi connectivity index (χ1v) is 4.88. The molecule has 3 nitrogen and oxygen atoms in total. The Morgan fingerprint density at radius 3 is 2.50 bits per heavy atom. The summed E-state index contributed by atoms with van der Waals surface area (Å²) < 4.78 is 12.7. The lowest BCUT2D eigenvalue weighted by Gasteiger charge is -2.08. The van der Waals surface area contributed by atoms with E-state index in [0.29, 0.717) is 13.0 Å². The van der Waals surface area contributed by atoms with E-state index in [0.717, 1.165) is 5.56 Å². The lowest BCUT2D eigenvalue weighted by Crippen LogP contribution is -2.29. The first-order chi connectivity index (χ1) is 7.16. The van der Waals surface area contributed by atoms with Crippen molar-refractivity contribution in [2.75, 3.05) is 6.54 Å². The van der Waals surface area contributed by atoms with Crippen molar-refractivity contribution in [3.8, 4) is 0 Å². The lowest BCUT2D eigenvalue weighted by molar-refractivity contribution is -0.139. The van der Waals surface area contributed by atoms with Crippen LogP contribution in [0.5, 0.6) is 0 Å². The maximum absolute atomic E-state index is 12.7. The van der Waals surface area contributed by atoms with Crippen LogP contribution in [0.1, 0.15) is 17.9 Å². The quantitative estimate of drug-likeness (QED) is 0.835. The summed E-state index contributed by atoms with van der Waals surface area (Å²) in [4.78, 5) is 10.7. The molecule has 0 bridgehead atoms. The van der Waals surface area contributed by atoms with Gasteiger partial charge in [-0.3, -0.25) is 4.79 Å². The standard InChI is InChI=1S/C11H12FNO2.ClH/c12-9-3-1-7(2-4-9)8-5-10(11(14)15)13-6-8;/h1-4,8,10,13H,5-6H2,(H,14,15);1H/t8-,10+;/m1./s1. The fourth-order valence-electron chi connectivity index (χ4n) is 1.91. The van der Waals surface area contributed by atoms with Crippen molar-refractivity contribution in [3.63, 3.8) is 0 Å². The highest BCUT2D eigenvalue weighted by Crippen LogP contribution is 2.25. The number of rotatable bonds is 2. The Labute approximate surface area is 99.1 Å². The number of carboxylic acid groups (broad SMARTS) is 1. The molecule has 5 heteroatoms. The van der Waals surface area contributed by atoms with E-state index in [1.165, 1.54) is 12.1 Å². The van der Waals surface area contributed by atoms with Crippen molar-refractivity contribution >= 4 is 18.4 Å². The zero-order valence-corrected chi connectivity index (χ0v) is 9.34. The Morgan fingerprint density at radius 2 is 2.00 bits per heavy atom. The second-order valence-electron chi connectivity index (χ2n) is 3.78. The van der Waals surface area contributed by atoms with E-state index in [2.05, 4.69) is 5.32 Å². The van der Waals surface area contributed by atoms with E-state index in [1.807, 2.05) is 0 Å². The molecule has 0 aliphatic carbocycles. The molecule has 1 aromatic rings. The van der Waals surface area contributed by atoms with E-state index in [-0.39, 0.29) is 24.1 Å². The van der Waals surface area contributed by atoms with Gasteiger partial charge in [-0.25, -0.2) is 4.39 Å². The van der Waals surface area contributed by atoms with Gasteiger partial charge in [-0.05, 0) is 30.0 Å². The Bertz CT molecular complexity index is 369. The summed E-state index contributed by atoms with van der Waals surface area (Å²) in [6.45, 7) is 0.641. The van der Waals surface area contributed by atoms with Gasteiger partial charge in [0, 0.05) is 6.54 Å². The van der Waals surface area contributed by atoms with Crippen LogP contribution in [-0.2, 0) is 4.79 Å². The molecule has 1 fully saturated rings. The largest absolute Gasteiger partial charge is 0.480 e. The average molecular weight is 246 g/mol. The molecule has 2 rings (SSSR count). The zero-order valence-electron chi connectivity index (χ0n) is 8.52. The maximum Gasteiger partial charge on any atom is 0.320 e. The van der Waals surface area contributed by atoms with Gasteiger partial charge >= 0.3 is 5.97 Å². The molecule has 0 spiro atoms. The second kappa shape index (κ2) is 5.27. The number of nitrogens with one attached hydrogen (secondary N) is 1. The molecule has 0 amide bonds. The summed E-state index contributed by atoms with van der Waals surface area (Å²) in [5.41, 5.74) is 0.993. The molecule has 1 saturated heterocycles. The minimum Gasteiger partial charge on any atom is -0.480 e. The third kappa shape index (κ3) is 2.71. The van der Waals surface area contributed by atoms with Crippen molar-refractivity contribution in [1.29, 1.82) is 0 Å². The zero-order chi connectivity index (χ0) is 10.8. The predicted molar refractivity (Wildman–Crippen MR) is 60.4 cm³/mol. The highest BCUT2D eigenvalue weighted by molar-refractivity contribution is 5.85. The summed E-state index contributed by atoms with van der Waals surface area (Å²) in [7, 11) is 0. The van der Waals surface area contributed by atoms with Crippen molar-refractivity contribution in [2.45, 2.75) is 18.4 Å². The van der Waals surface area contributed by atoms with Gasteiger partial charge in [0.2, 0.25) is 0 Å². The van der Waals surface area contributed by atoms with Crippen LogP contribution in [0.3, 0.4) is 0 Å². The molecule has 0 radical (unpaired) electrons. The normalized spacial score (nSPS) is 23.8. The molecule has 0 saturated carbocycles. The summed E-state index contributed by atoms with van der Waals surface area (Å²) in [5.74, 6) is -0.911. The topological polar surface area (TPSA) is 49.3 Å². The van der Waals surface area contributed by atoms with Crippen molar-refractivity contribution in [3.05, 3.63) is 35.6 Å². The minimum absolute atomic E-state index is 0. The number of hydrogen-bond acceptors (Lipinski definition) is 2. The molecule has 1 aliphatic heterocycles. The molecular formula is C11H13ClFNO2. The average Bonchev–Trinajstić information content (AvgIpc) is 2.68. The van der Waals surface area contributed by atoms with Crippen LogP contribution in [0.2, 0.25) is 0 Å².